The molecule has 2 rings (SSSR count). The van der Waals surface area contributed by atoms with Crippen molar-refractivity contribution >= 4 is 11.7 Å². The van der Waals surface area contributed by atoms with E-state index in [9.17, 15) is 4.79 Å². The smallest absolute Gasteiger partial charge is 0.305 e. The lowest BCUT2D eigenvalue weighted by Gasteiger charge is -2.37. The Hall–Kier alpha value is -1.51. The van der Waals surface area contributed by atoms with Gasteiger partial charge >= 0.3 is 5.97 Å². The van der Waals surface area contributed by atoms with E-state index in [2.05, 4.69) is 49.9 Å². The molecule has 1 fully saturated rings. The molecule has 3 heteroatoms. The van der Waals surface area contributed by atoms with Crippen LogP contribution in [0, 0.1) is 0 Å². The highest BCUT2D eigenvalue weighted by Crippen LogP contribution is 2.34. The monoisotopic (exact) mass is 303 g/mol. The normalized spacial score (nSPS) is 16.5. The van der Waals surface area contributed by atoms with Crippen LogP contribution in [-0.4, -0.2) is 23.2 Å². The molecule has 0 unspecified atom stereocenters. The molecule has 1 aromatic rings. The molecule has 1 aliphatic carbocycles. The lowest BCUT2D eigenvalue weighted by Crippen LogP contribution is -2.42. The maximum atomic E-state index is 10.9. The first kappa shape index (κ1) is 16.9. The van der Waals surface area contributed by atoms with Crippen LogP contribution in [0.1, 0.15) is 70.8 Å². The van der Waals surface area contributed by atoms with Crippen molar-refractivity contribution in [3.05, 3.63) is 29.8 Å². The van der Waals surface area contributed by atoms with Crippen LogP contribution in [0.3, 0.4) is 0 Å². The van der Waals surface area contributed by atoms with E-state index >= 15 is 0 Å². The summed E-state index contributed by atoms with van der Waals surface area (Å²) in [7, 11) is 0. The largest absolute Gasteiger partial charge is 0.481 e. The third-order valence-electron chi connectivity index (χ3n) is 4.64. The highest BCUT2D eigenvalue weighted by atomic mass is 16.4. The second-order valence-corrected chi connectivity index (χ2v) is 7.39. The second kappa shape index (κ2) is 7.17. The van der Waals surface area contributed by atoms with E-state index in [1.807, 2.05) is 0 Å². The van der Waals surface area contributed by atoms with Gasteiger partial charge in [0.25, 0.3) is 0 Å². The fourth-order valence-electron chi connectivity index (χ4n) is 3.42. The van der Waals surface area contributed by atoms with E-state index in [1.54, 1.807) is 0 Å². The van der Waals surface area contributed by atoms with Gasteiger partial charge in [-0.1, -0.05) is 31.4 Å². The lowest BCUT2D eigenvalue weighted by molar-refractivity contribution is -0.136. The van der Waals surface area contributed by atoms with Gasteiger partial charge in [0.15, 0.2) is 0 Å². The van der Waals surface area contributed by atoms with Gasteiger partial charge in [-0.2, -0.15) is 0 Å². The van der Waals surface area contributed by atoms with E-state index in [-0.39, 0.29) is 12.0 Å². The molecule has 1 aromatic carbocycles. The SMILES string of the molecule is CC(C)(C)N(CCC(=O)O)c1ccc(C2CCCCC2)cc1. The molecule has 3 nitrogen and oxygen atoms in total. The van der Waals surface area contributed by atoms with Gasteiger partial charge < -0.3 is 10.0 Å². The maximum absolute atomic E-state index is 10.9. The molecule has 0 spiro atoms. The number of hydrogen-bond donors (Lipinski definition) is 1. The molecule has 0 atom stereocenters. The Morgan fingerprint density at radius 2 is 1.73 bits per heavy atom. The minimum atomic E-state index is -0.743. The van der Waals surface area contributed by atoms with Gasteiger partial charge in [-0.15, -0.1) is 0 Å². The quantitative estimate of drug-likeness (QED) is 0.848. The van der Waals surface area contributed by atoms with E-state index in [4.69, 9.17) is 5.11 Å². The van der Waals surface area contributed by atoms with Crippen LogP contribution in [0.4, 0.5) is 5.69 Å². The van der Waals surface area contributed by atoms with Crippen LogP contribution in [0.25, 0.3) is 0 Å². The van der Waals surface area contributed by atoms with Crippen molar-refractivity contribution in [3.63, 3.8) is 0 Å². The van der Waals surface area contributed by atoms with Crippen molar-refractivity contribution < 1.29 is 9.90 Å². The predicted molar refractivity (Wildman–Crippen MR) is 91.6 cm³/mol. The van der Waals surface area contributed by atoms with Gasteiger partial charge in [-0.25, -0.2) is 0 Å². The number of carboxylic acids is 1. The van der Waals surface area contributed by atoms with Gasteiger partial charge in [-0.05, 0) is 57.2 Å². The zero-order valence-electron chi connectivity index (χ0n) is 14.1. The number of nitrogens with zero attached hydrogens (tertiary/aromatic N) is 1. The zero-order chi connectivity index (χ0) is 16.2. The Morgan fingerprint density at radius 3 is 2.23 bits per heavy atom. The second-order valence-electron chi connectivity index (χ2n) is 7.39. The number of anilines is 1. The van der Waals surface area contributed by atoms with Gasteiger partial charge in [0.05, 0.1) is 6.42 Å². The molecular formula is C19H29NO2. The van der Waals surface area contributed by atoms with Crippen molar-refractivity contribution in [2.75, 3.05) is 11.4 Å². The van der Waals surface area contributed by atoms with Crippen LogP contribution >= 0.6 is 0 Å². The Labute approximate surface area is 134 Å². The third kappa shape index (κ3) is 4.49. The molecule has 22 heavy (non-hydrogen) atoms. The highest BCUT2D eigenvalue weighted by Gasteiger charge is 2.23. The lowest BCUT2D eigenvalue weighted by atomic mass is 9.84. The van der Waals surface area contributed by atoms with Crippen molar-refractivity contribution in [1.29, 1.82) is 0 Å². The molecule has 0 bridgehead atoms. The van der Waals surface area contributed by atoms with Crippen LogP contribution < -0.4 is 4.90 Å². The molecule has 0 aliphatic heterocycles. The molecule has 122 valence electrons. The van der Waals surface area contributed by atoms with E-state index in [1.165, 1.54) is 37.7 Å². The maximum Gasteiger partial charge on any atom is 0.305 e. The summed E-state index contributed by atoms with van der Waals surface area (Å²) in [5.41, 5.74) is 2.48. The number of carbonyl (C=O) groups is 1. The zero-order valence-corrected chi connectivity index (χ0v) is 14.1. The van der Waals surface area contributed by atoms with Crippen molar-refractivity contribution in [3.8, 4) is 0 Å². The number of carboxylic acid groups (broad SMARTS) is 1. The number of hydrogen-bond acceptors (Lipinski definition) is 2. The van der Waals surface area contributed by atoms with E-state index < -0.39 is 5.97 Å². The van der Waals surface area contributed by atoms with E-state index in [0.717, 1.165) is 5.69 Å². The van der Waals surface area contributed by atoms with Crippen LogP contribution in [-0.2, 0) is 4.79 Å². The first-order valence-electron chi connectivity index (χ1n) is 8.47. The number of aliphatic carboxylic acids is 1. The highest BCUT2D eigenvalue weighted by molar-refractivity contribution is 5.68. The summed E-state index contributed by atoms with van der Waals surface area (Å²) in [5.74, 6) is -0.0296. The molecule has 0 heterocycles. The molecule has 0 saturated heterocycles. The summed E-state index contributed by atoms with van der Waals surface area (Å²) in [4.78, 5) is 13.1. The average Bonchev–Trinajstić information content (AvgIpc) is 2.47. The molecule has 0 aromatic heterocycles. The van der Waals surface area contributed by atoms with Crippen molar-refractivity contribution in [1.82, 2.24) is 0 Å². The van der Waals surface area contributed by atoms with E-state index in [0.29, 0.717) is 12.5 Å². The molecule has 0 amide bonds. The summed E-state index contributed by atoms with van der Waals surface area (Å²) in [5, 5.41) is 8.96. The topological polar surface area (TPSA) is 40.5 Å². The van der Waals surface area contributed by atoms with Crippen molar-refractivity contribution in [2.24, 2.45) is 0 Å². The molecule has 1 saturated carbocycles. The first-order chi connectivity index (χ1) is 10.4. The Kier molecular flexibility index (Phi) is 5.49. The number of rotatable bonds is 5. The predicted octanol–water partition coefficient (Wildman–Crippen LogP) is 4.81. The molecule has 1 aliphatic rings. The molecule has 1 N–H and O–H groups in total. The first-order valence-corrected chi connectivity index (χ1v) is 8.47. The molecular weight excluding hydrogens is 274 g/mol. The summed E-state index contributed by atoms with van der Waals surface area (Å²) in [6, 6.07) is 8.81. The standard InChI is InChI=1S/C19H29NO2/c1-19(2,3)20(14-13-18(21)22)17-11-9-16(10-12-17)15-7-5-4-6-8-15/h9-12,15H,4-8,13-14H2,1-3H3,(H,21,22). The summed E-state index contributed by atoms with van der Waals surface area (Å²) in [6.45, 7) is 6.93. The summed E-state index contributed by atoms with van der Waals surface area (Å²) in [6.07, 6.45) is 6.85. The minimum Gasteiger partial charge on any atom is -0.481 e. The van der Waals surface area contributed by atoms with Crippen LogP contribution in [0.2, 0.25) is 0 Å². The number of benzene rings is 1. The van der Waals surface area contributed by atoms with Crippen LogP contribution in [0.5, 0.6) is 0 Å². The minimum absolute atomic E-state index is 0.0815. The van der Waals surface area contributed by atoms with Gasteiger partial charge in [0.1, 0.15) is 0 Å². The van der Waals surface area contributed by atoms with Gasteiger partial charge in [0, 0.05) is 17.8 Å². The Balaban J connectivity index is 2.12. The summed E-state index contributed by atoms with van der Waals surface area (Å²) >= 11 is 0. The summed E-state index contributed by atoms with van der Waals surface area (Å²) < 4.78 is 0. The van der Waals surface area contributed by atoms with Gasteiger partial charge in [0.2, 0.25) is 0 Å². The fourth-order valence-corrected chi connectivity index (χ4v) is 3.42. The Morgan fingerprint density at radius 1 is 1.14 bits per heavy atom. The Bertz CT molecular complexity index is 481. The van der Waals surface area contributed by atoms with Crippen LogP contribution in [0.15, 0.2) is 24.3 Å². The van der Waals surface area contributed by atoms with Crippen molar-refractivity contribution in [2.45, 2.75) is 70.8 Å². The average molecular weight is 303 g/mol. The van der Waals surface area contributed by atoms with Gasteiger partial charge in [-0.3, -0.25) is 4.79 Å². The molecule has 0 radical (unpaired) electrons. The fraction of sp³-hybridized carbons (Fsp3) is 0.632. The third-order valence-corrected chi connectivity index (χ3v) is 4.64.